The van der Waals surface area contributed by atoms with E-state index in [9.17, 15) is 24.5 Å². The summed E-state index contributed by atoms with van der Waals surface area (Å²) in [6.07, 6.45) is 0. The van der Waals surface area contributed by atoms with Crippen LogP contribution in [0, 0.1) is 10.1 Å². The van der Waals surface area contributed by atoms with Crippen molar-refractivity contribution in [1.29, 1.82) is 0 Å². The molecule has 0 spiro atoms. The van der Waals surface area contributed by atoms with E-state index in [-0.39, 0.29) is 22.8 Å². The number of ketones is 1. The number of hydrogen-bond acceptors (Lipinski definition) is 8. The minimum absolute atomic E-state index is 0.0672. The summed E-state index contributed by atoms with van der Waals surface area (Å²) in [6.45, 7) is 1.18. The predicted molar refractivity (Wildman–Crippen MR) is 106 cm³/mol. The van der Waals surface area contributed by atoms with Crippen molar-refractivity contribution in [3.05, 3.63) is 57.0 Å². The van der Waals surface area contributed by atoms with E-state index in [0.29, 0.717) is 16.7 Å². The summed E-state index contributed by atoms with van der Waals surface area (Å²) in [5.74, 6) is -1.23. The Morgan fingerprint density at radius 1 is 1.17 bits per heavy atom. The number of hydrogen-bond donors (Lipinski definition) is 3. The number of aromatic nitrogens is 2. The third kappa shape index (κ3) is 4.38. The molecule has 0 fully saturated rings. The molecule has 30 heavy (non-hydrogen) atoms. The van der Waals surface area contributed by atoms with Crippen LogP contribution in [0.5, 0.6) is 5.75 Å². The number of nitro benzene ring substituents is 1. The number of carbonyl (C=O) groups is 2. The minimum Gasteiger partial charge on any atom is -0.494 e. The summed E-state index contributed by atoms with van der Waals surface area (Å²) in [7, 11) is 1.30. The molecule has 0 aliphatic carbocycles. The van der Waals surface area contributed by atoms with Crippen molar-refractivity contribution in [2.75, 3.05) is 12.4 Å². The van der Waals surface area contributed by atoms with E-state index in [1.54, 1.807) is 12.1 Å². The number of benzene rings is 2. The number of amides is 1. The van der Waals surface area contributed by atoms with Crippen LogP contribution in [0.15, 0.2) is 51.4 Å². The van der Waals surface area contributed by atoms with Crippen LogP contribution >= 0.6 is 0 Å². The van der Waals surface area contributed by atoms with Gasteiger partial charge in [0.25, 0.3) is 11.6 Å². The zero-order valence-corrected chi connectivity index (χ0v) is 15.8. The number of nitrogens with zero attached hydrogens (tertiary/aromatic N) is 3. The SMILES string of the molecule is COc1cc([N+](=O)[O-])ccc1N=NC(C(C)=O)C(=O)Nc1ccc2[nH]c(=O)[nH]c2c1. The van der Waals surface area contributed by atoms with Gasteiger partial charge in [-0.1, -0.05) is 0 Å². The van der Waals surface area contributed by atoms with Gasteiger partial charge in [0.05, 0.1) is 29.1 Å². The number of rotatable bonds is 7. The molecule has 3 N–H and O–H groups in total. The van der Waals surface area contributed by atoms with E-state index in [4.69, 9.17) is 4.74 Å². The summed E-state index contributed by atoms with van der Waals surface area (Å²) < 4.78 is 5.05. The van der Waals surface area contributed by atoms with E-state index in [1.165, 1.54) is 32.2 Å². The number of H-pyrrole nitrogens is 2. The number of methoxy groups -OCH3 is 1. The quantitative estimate of drug-likeness (QED) is 0.233. The smallest absolute Gasteiger partial charge is 0.323 e. The van der Waals surface area contributed by atoms with Gasteiger partial charge in [-0.25, -0.2) is 4.79 Å². The van der Waals surface area contributed by atoms with Gasteiger partial charge in [0.15, 0.2) is 11.5 Å². The first-order valence-electron chi connectivity index (χ1n) is 8.55. The lowest BCUT2D eigenvalue weighted by molar-refractivity contribution is -0.384. The van der Waals surface area contributed by atoms with Gasteiger partial charge in [-0.15, -0.1) is 0 Å². The summed E-state index contributed by atoms with van der Waals surface area (Å²) >= 11 is 0. The molecule has 1 heterocycles. The largest absolute Gasteiger partial charge is 0.494 e. The molecule has 0 aliphatic heterocycles. The Morgan fingerprint density at radius 2 is 1.90 bits per heavy atom. The fourth-order valence-corrected chi connectivity index (χ4v) is 2.62. The van der Waals surface area contributed by atoms with Gasteiger partial charge in [-0.05, 0) is 31.2 Å². The number of fused-ring (bicyclic) bond motifs is 1. The molecule has 154 valence electrons. The van der Waals surface area contributed by atoms with Crippen molar-refractivity contribution in [2.24, 2.45) is 10.2 Å². The Bertz CT molecular complexity index is 1230. The maximum absolute atomic E-state index is 12.5. The van der Waals surface area contributed by atoms with Gasteiger partial charge in [0.2, 0.25) is 6.04 Å². The lowest BCUT2D eigenvalue weighted by Crippen LogP contribution is -2.31. The van der Waals surface area contributed by atoms with Crippen molar-refractivity contribution in [2.45, 2.75) is 13.0 Å². The van der Waals surface area contributed by atoms with Crippen LogP contribution in [0.2, 0.25) is 0 Å². The summed E-state index contributed by atoms with van der Waals surface area (Å²) in [6, 6.07) is 6.87. The van der Waals surface area contributed by atoms with Crippen LogP contribution in [-0.2, 0) is 9.59 Å². The summed E-state index contributed by atoms with van der Waals surface area (Å²) in [4.78, 5) is 51.2. The highest BCUT2D eigenvalue weighted by Crippen LogP contribution is 2.31. The van der Waals surface area contributed by atoms with E-state index < -0.39 is 22.7 Å². The van der Waals surface area contributed by atoms with Gasteiger partial charge in [0, 0.05) is 11.8 Å². The molecule has 1 aromatic heterocycles. The molecule has 3 rings (SSSR count). The number of anilines is 1. The number of azo groups is 1. The molecule has 0 aliphatic rings. The van der Waals surface area contributed by atoms with Crippen LogP contribution < -0.4 is 15.7 Å². The Balaban J connectivity index is 1.82. The fraction of sp³-hybridized carbons (Fsp3) is 0.167. The minimum atomic E-state index is -1.45. The van der Waals surface area contributed by atoms with Crippen LogP contribution in [0.3, 0.4) is 0 Å². The average molecular weight is 412 g/mol. The van der Waals surface area contributed by atoms with E-state index in [0.717, 1.165) is 6.07 Å². The second kappa shape index (κ2) is 8.34. The third-order valence-electron chi connectivity index (χ3n) is 4.07. The lowest BCUT2D eigenvalue weighted by atomic mass is 10.2. The normalized spacial score (nSPS) is 12.1. The highest BCUT2D eigenvalue weighted by molar-refractivity contribution is 6.10. The monoisotopic (exact) mass is 412 g/mol. The molecule has 0 saturated heterocycles. The average Bonchev–Trinajstić information content (AvgIpc) is 3.07. The molecule has 1 amide bonds. The highest BCUT2D eigenvalue weighted by atomic mass is 16.6. The number of nitro groups is 1. The zero-order valence-electron chi connectivity index (χ0n) is 15.8. The molecule has 12 heteroatoms. The number of Topliss-reactive ketones (excluding diaryl/α,β-unsaturated/α-hetero) is 1. The fourth-order valence-electron chi connectivity index (χ4n) is 2.62. The second-order valence-corrected chi connectivity index (χ2v) is 6.17. The van der Waals surface area contributed by atoms with Gasteiger partial charge < -0.3 is 20.0 Å². The topological polar surface area (TPSA) is 172 Å². The molecule has 1 atom stereocenters. The third-order valence-corrected chi connectivity index (χ3v) is 4.07. The number of carbonyl (C=O) groups excluding carboxylic acids is 2. The second-order valence-electron chi connectivity index (χ2n) is 6.17. The molecule has 0 saturated carbocycles. The molecular formula is C18H16N6O6. The van der Waals surface area contributed by atoms with Crippen molar-refractivity contribution in [3.63, 3.8) is 0 Å². The molecule has 0 radical (unpaired) electrons. The highest BCUT2D eigenvalue weighted by Gasteiger charge is 2.24. The van der Waals surface area contributed by atoms with Crippen LogP contribution in [0.1, 0.15) is 6.92 Å². The molecule has 2 aromatic carbocycles. The number of aromatic amines is 2. The maximum atomic E-state index is 12.5. The van der Waals surface area contributed by atoms with Gasteiger partial charge in [-0.2, -0.15) is 10.2 Å². The van der Waals surface area contributed by atoms with Crippen molar-refractivity contribution in [3.8, 4) is 5.75 Å². The van der Waals surface area contributed by atoms with E-state index >= 15 is 0 Å². The number of imidazole rings is 1. The van der Waals surface area contributed by atoms with Crippen molar-refractivity contribution >= 4 is 39.8 Å². The van der Waals surface area contributed by atoms with E-state index in [1.807, 2.05) is 0 Å². The Labute approximate surface area is 168 Å². The standard InChI is InChI=1S/C18H16N6O6/c1-9(25)16(23-22-13-6-4-11(24(28)29)8-15(13)30-2)17(26)19-10-3-5-12-14(7-10)21-18(27)20-12/h3-8,16H,1-2H3,(H,19,26)(H2,20,21,27). The first-order chi connectivity index (χ1) is 14.3. The van der Waals surface area contributed by atoms with Crippen molar-refractivity contribution in [1.82, 2.24) is 9.97 Å². The summed E-state index contributed by atoms with van der Waals surface area (Å²) in [5, 5.41) is 21.0. The zero-order chi connectivity index (χ0) is 21.8. The summed E-state index contributed by atoms with van der Waals surface area (Å²) in [5.41, 5.74) is 0.914. The number of ether oxygens (including phenoxy) is 1. The Morgan fingerprint density at radius 3 is 2.57 bits per heavy atom. The van der Waals surface area contributed by atoms with Gasteiger partial charge in [-0.3, -0.25) is 19.7 Å². The number of non-ortho nitro benzene ring substituents is 1. The maximum Gasteiger partial charge on any atom is 0.323 e. The molecule has 0 bridgehead atoms. The van der Waals surface area contributed by atoms with E-state index in [2.05, 4.69) is 25.5 Å². The van der Waals surface area contributed by atoms with Gasteiger partial charge in [0.1, 0.15) is 5.69 Å². The Hall–Kier alpha value is -4.35. The predicted octanol–water partition coefficient (Wildman–Crippen LogP) is 2.45. The molecule has 3 aromatic rings. The van der Waals surface area contributed by atoms with Crippen LogP contribution in [-0.4, -0.2) is 39.7 Å². The Kier molecular flexibility index (Phi) is 5.67. The van der Waals surface area contributed by atoms with Crippen LogP contribution in [0.25, 0.3) is 11.0 Å². The van der Waals surface area contributed by atoms with Gasteiger partial charge >= 0.3 is 5.69 Å². The first kappa shape index (κ1) is 20.4. The van der Waals surface area contributed by atoms with Crippen LogP contribution in [0.4, 0.5) is 17.1 Å². The lowest BCUT2D eigenvalue weighted by Gasteiger charge is -2.10. The molecular weight excluding hydrogens is 396 g/mol. The number of nitrogens with one attached hydrogen (secondary N) is 3. The van der Waals surface area contributed by atoms with Crippen molar-refractivity contribution < 1.29 is 19.2 Å². The molecule has 1 unspecified atom stereocenters. The first-order valence-corrected chi connectivity index (χ1v) is 8.55. The molecule has 12 nitrogen and oxygen atoms in total.